The van der Waals surface area contributed by atoms with Crippen LogP contribution in [-0.4, -0.2) is 0 Å². The summed E-state index contributed by atoms with van der Waals surface area (Å²) in [5, 5.41) is 0. The Kier molecular flexibility index (Phi) is 96.2. The summed E-state index contributed by atoms with van der Waals surface area (Å²) in [5.74, 6) is 0. The van der Waals surface area contributed by atoms with Gasteiger partial charge in [-0.2, -0.15) is 0 Å². The molecule has 0 aliphatic heterocycles. The van der Waals surface area contributed by atoms with Crippen LogP contribution in [0.1, 0.15) is 0 Å². The smallest absolute Gasteiger partial charge is 1.00 e. The van der Waals surface area contributed by atoms with Crippen LogP contribution < -0.4 is 134 Å². The SMILES string of the molecule is [Cl-].[Cl-].[K+].[Rb+]. The van der Waals surface area contributed by atoms with Gasteiger partial charge >= 0.3 is 110 Å². The van der Waals surface area contributed by atoms with Gasteiger partial charge in [0, 0.05) is 0 Å². The first kappa shape index (κ1) is 24.5. The van der Waals surface area contributed by atoms with E-state index in [2.05, 4.69) is 0 Å². The van der Waals surface area contributed by atoms with Gasteiger partial charge in [-0.1, -0.05) is 0 Å². The van der Waals surface area contributed by atoms with E-state index in [1.54, 1.807) is 0 Å². The summed E-state index contributed by atoms with van der Waals surface area (Å²) in [7, 11) is 0. The topological polar surface area (TPSA) is 0 Å². The quantitative estimate of drug-likeness (QED) is 0.337. The molecule has 16 valence electrons. The van der Waals surface area contributed by atoms with Gasteiger partial charge in [-0.25, -0.2) is 0 Å². The average molecular weight is 195 g/mol. The summed E-state index contributed by atoms with van der Waals surface area (Å²) in [6.07, 6.45) is 0. The maximum Gasteiger partial charge on any atom is 1.00 e. The monoisotopic (exact) mass is 194 g/mol. The molecule has 0 unspecified atom stereocenters. The predicted molar refractivity (Wildman–Crippen MR) is 0 cm³/mol. The Balaban J connectivity index is 0. The van der Waals surface area contributed by atoms with Crippen molar-refractivity contribution in [1.82, 2.24) is 0 Å². The van der Waals surface area contributed by atoms with Gasteiger partial charge in [-0.3, -0.25) is 0 Å². The van der Waals surface area contributed by atoms with Crippen molar-refractivity contribution in [2.45, 2.75) is 0 Å². The van der Waals surface area contributed by atoms with Crippen molar-refractivity contribution >= 4 is 0 Å². The molecule has 0 saturated heterocycles. The third-order valence-corrected chi connectivity index (χ3v) is 0. The van der Waals surface area contributed by atoms with Crippen LogP contribution in [0.5, 0.6) is 0 Å². The van der Waals surface area contributed by atoms with Crippen LogP contribution in [0.15, 0.2) is 0 Å². The van der Waals surface area contributed by atoms with Crippen LogP contribution in [0, 0.1) is 0 Å². The minimum absolute atomic E-state index is 0. The number of hydrogen-bond acceptors (Lipinski definition) is 0. The van der Waals surface area contributed by atoms with Crippen LogP contribution >= 0.6 is 0 Å². The second kappa shape index (κ2) is 15.7. The Bertz CT molecular complexity index is 6.00. The standard InChI is InChI=1S/2ClH.K.Rb/h2*1H;;/q;;2*+1/p-2. The molecule has 0 bridgehead atoms. The summed E-state index contributed by atoms with van der Waals surface area (Å²) >= 11 is 0. The molecule has 0 radical (unpaired) electrons. The summed E-state index contributed by atoms with van der Waals surface area (Å²) < 4.78 is 0. The van der Waals surface area contributed by atoms with Crippen LogP contribution in [0.25, 0.3) is 0 Å². The van der Waals surface area contributed by atoms with Crippen molar-refractivity contribution in [3.8, 4) is 0 Å². The van der Waals surface area contributed by atoms with E-state index in [1.807, 2.05) is 0 Å². The Hall–Kier alpha value is 4.02. The number of halogens is 2. The van der Waals surface area contributed by atoms with Gasteiger partial charge in [0.2, 0.25) is 0 Å². The van der Waals surface area contributed by atoms with Gasteiger partial charge in [-0.15, -0.1) is 0 Å². The fraction of sp³-hybridized carbons (Fsp3) is 0. The maximum absolute atomic E-state index is 0. The molecule has 0 atom stereocenters. The zero-order valence-electron chi connectivity index (χ0n) is 2.76. The molecule has 0 spiro atoms. The van der Waals surface area contributed by atoms with Gasteiger partial charge in [0.1, 0.15) is 0 Å². The molecule has 0 rings (SSSR count). The molecule has 4 heavy (non-hydrogen) atoms. The normalized spacial score (nSPS) is 0. The average Bonchev–Trinajstić information content (AvgIpc) is 0. The van der Waals surface area contributed by atoms with E-state index in [1.165, 1.54) is 0 Å². The van der Waals surface area contributed by atoms with Crippen molar-refractivity contribution in [1.29, 1.82) is 0 Å². The van der Waals surface area contributed by atoms with Crippen LogP contribution in [-0.2, 0) is 0 Å². The van der Waals surface area contributed by atoms with Gasteiger partial charge in [-0.05, 0) is 0 Å². The number of rotatable bonds is 0. The van der Waals surface area contributed by atoms with E-state index in [-0.39, 0.29) is 134 Å². The molecule has 0 N–H and O–H groups in total. The molecular weight excluding hydrogens is 195 g/mol. The van der Waals surface area contributed by atoms with Gasteiger partial charge in [0.15, 0.2) is 0 Å². The number of hydrogen-bond donors (Lipinski definition) is 0. The molecule has 0 aromatic carbocycles. The Labute approximate surface area is 130 Å². The first-order valence-corrected chi connectivity index (χ1v) is 0. The van der Waals surface area contributed by atoms with Crippen molar-refractivity contribution < 1.29 is 134 Å². The fourth-order valence-corrected chi connectivity index (χ4v) is 0. The van der Waals surface area contributed by atoms with Crippen LogP contribution in [0.2, 0.25) is 0 Å². The second-order valence-corrected chi connectivity index (χ2v) is 0. The van der Waals surface area contributed by atoms with E-state index in [0.717, 1.165) is 0 Å². The molecule has 0 aliphatic rings. The van der Waals surface area contributed by atoms with Gasteiger partial charge in [0.05, 0.1) is 0 Å². The molecule has 4 heteroatoms. The first-order chi connectivity index (χ1) is 0. The Morgan fingerprint density at radius 1 is 0.750 bits per heavy atom. The summed E-state index contributed by atoms with van der Waals surface area (Å²) in [4.78, 5) is 0. The van der Waals surface area contributed by atoms with Crippen molar-refractivity contribution in [3.05, 3.63) is 0 Å². The van der Waals surface area contributed by atoms with Crippen LogP contribution in [0.4, 0.5) is 0 Å². The molecule has 0 heterocycles. The van der Waals surface area contributed by atoms with Gasteiger partial charge < -0.3 is 24.8 Å². The molecule has 0 aromatic rings. The first-order valence-electron chi connectivity index (χ1n) is 0. The largest absolute Gasteiger partial charge is 1.00 e. The third kappa shape index (κ3) is 9.39. The van der Waals surface area contributed by atoms with E-state index in [0.29, 0.717) is 0 Å². The minimum atomic E-state index is 0. The summed E-state index contributed by atoms with van der Waals surface area (Å²) in [5.41, 5.74) is 0. The summed E-state index contributed by atoms with van der Waals surface area (Å²) in [6.45, 7) is 0. The minimum Gasteiger partial charge on any atom is -1.00 e. The maximum atomic E-state index is 0. The second-order valence-electron chi connectivity index (χ2n) is 0. The van der Waals surface area contributed by atoms with Gasteiger partial charge in [0.25, 0.3) is 0 Å². The van der Waals surface area contributed by atoms with Crippen molar-refractivity contribution in [2.24, 2.45) is 0 Å². The third-order valence-electron chi connectivity index (χ3n) is 0. The zero-order chi connectivity index (χ0) is 0. The molecule has 0 fully saturated rings. The molecular formula is Cl2KRb. The van der Waals surface area contributed by atoms with E-state index < -0.39 is 0 Å². The Morgan fingerprint density at radius 2 is 0.750 bits per heavy atom. The van der Waals surface area contributed by atoms with E-state index in [9.17, 15) is 0 Å². The van der Waals surface area contributed by atoms with Crippen molar-refractivity contribution in [3.63, 3.8) is 0 Å². The van der Waals surface area contributed by atoms with Crippen molar-refractivity contribution in [2.75, 3.05) is 0 Å². The van der Waals surface area contributed by atoms with E-state index in [4.69, 9.17) is 0 Å². The molecule has 0 nitrogen and oxygen atoms in total. The molecule has 0 saturated carbocycles. The van der Waals surface area contributed by atoms with Crippen LogP contribution in [0.3, 0.4) is 0 Å². The van der Waals surface area contributed by atoms with E-state index >= 15 is 0 Å². The molecule has 0 amide bonds. The predicted octanol–water partition coefficient (Wildman–Crippen LogP) is -12.0. The zero-order valence-corrected chi connectivity index (χ0v) is 12.3. The molecule has 0 aliphatic carbocycles. The Morgan fingerprint density at radius 3 is 0.750 bits per heavy atom. The molecule has 0 aromatic heterocycles. The summed E-state index contributed by atoms with van der Waals surface area (Å²) in [6, 6.07) is 0. The fourth-order valence-electron chi connectivity index (χ4n) is 0.